The standard InChI is InChI=1S/C22H26N4O4S2/c1-3-4-5-10-23-18-15(20(29)25-11-6-8-14(2)19(25)24-18)13-16-21(30)26(22(31)32-16)12-7-9-17(27)28/h6,8,11,13,23H,3-5,7,9-10,12H2,1-2H3,(H,27,28)/b16-13+. The minimum atomic E-state index is -0.921. The number of pyridine rings is 1. The molecule has 2 aromatic rings. The maximum absolute atomic E-state index is 13.3. The highest BCUT2D eigenvalue weighted by Gasteiger charge is 2.32. The Bertz CT molecular complexity index is 1140. The van der Waals surface area contributed by atoms with E-state index in [1.807, 2.05) is 13.0 Å². The van der Waals surface area contributed by atoms with Crippen LogP contribution in [0.1, 0.15) is 50.2 Å². The van der Waals surface area contributed by atoms with E-state index in [9.17, 15) is 14.4 Å². The molecule has 0 saturated carbocycles. The first-order chi connectivity index (χ1) is 15.3. The Labute approximate surface area is 195 Å². The zero-order valence-electron chi connectivity index (χ0n) is 18.1. The van der Waals surface area contributed by atoms with Crippen LogP contribution in [0.3, 0.4) is 0 Å². The van der Waals surface area contributed by atoms with Gasteiger partial charge in [0, 0.05) is 25.7 Å². The van der Waals surface area contributed by atoms with E-state index in [2.05, 4.69) is 17.2 Å². The maximum atomic E-state index is 13.3. The van der Waals surface area contributed by atoms with Gasteiger partial charge in [0.05, 0.1) is 10.5 Å². The average Bonchev–Trinajstić information content (AvgIpc) is 3.01. The molecule has 3 rings (SSSR count). The third kappa shape index (κ3) is 5.36. The van der Waals surface area contributed by atoms with Gasteiger partial charge in [-0.25, -0.2) is 4.98 Å². The van der Waals surface area contributed by atoms with Crippen LogP contribution in [0.4, 0.5) is 5.82 Å². The third-order valence-corrected chi connectivity index (χ3v) is 6.46. The number of carbonyl (C=O) groups excluding carboxylic acids is 1. The molecule has 0 aliphatic carbocycles. The number of carboxylic acid groups (broad SMARTS) is 1. The number of carbonyl (C=O) groups is 2. The Balaban J connectivity index is 1.97. The summed E-state index contributed by atoms with van der Waals surface area (Å²) < 4.78 is 1.83. The second kappa shape index (κ2) is 10.7. The Kier molecular flexibility index (Phi) is 8.03. The van der Waals surface area contributed by atoms with E-state index in [4.69, 9.17) is 17.3 Å². The molecule has 170 valence electrons. The number of unbranched alkanes of at least 4 members (excludes halogenated alkanes) is 2. The molecular weight excluding hydrogens is 448 g/mol. The second-order valence-electron chi connectivity index (χ2n) is 7.53. The average molecular weight is 475 g/mol. The van der Waals surface area contributed by atoms with Crippen molar-refractivity contribution in [3.8, 4) is 0 Å². The lowest BCUT2D eigenvalue weighted by molar-refractivity contribution is -0.137. The normalized spacial score (nSPS) is 15.2. The van der Waals surface area contributed by atoms with E-state index in [1.165, 1.54) is 9.30 Å². The van der Waals surface area contributed by atoms with E-state index in [-0.39, 0.29) is 24.4 Å². The number of nitrogens with zero attached hydrogens (tertiary/aromatic N) is 3. The fourth-order valence-electron chi connectivity index (χ4n) is 3.37. The molecule has 0 atom stereocenters. The molecule has 1 fully saturated rings. The molecular formula is C22H26N4O4S2. The summed E-state index contributed by atoms with van der Waals surface area (Å²) >= 11 is 6.43. The molecule has 1 amide bonds. The first-order valence-electron chi connectivity index (χ1n) is 10.6. The summed E-state index contributed by atoms with van der Waals surface area (Å²) in [5.74, 6) is -0.803. The van der Waals surface area contributed by atoms with Crippen molar-refractivity contribution in [3.63, 3.8) is 0 Å². The first-order valence-corrected chi connectivity index (χ1v) is 11.8. The number of aromatic nitrogens is 2. The van der Waals surface area contributed by atoms with Crippen LogP contribution in [0.5, 0.6) is 0 Å². The molecule has 1 aliphatic rings. The zero-order valence-corrected chi connectivity index (χ0v) is 19.7. The van der Waals surface area contributed by atoms with Gasteiger partial charge in [0.1, 0.15) is 15.8 Å². The molecule has 10 heteroatoms. The molecule has 1 aliphatic heterocycles. The highest BCUT2D eigenvalue weighted by atomic mass is 32.2. The monoisotopic (exact) mass is 474 g/mol. The summed E-state index contributed by atoms with van der Waals surface area (Å²) in [4.78, 5) is 43.4. The lowest BCUT2D eigenvalue weighted by Crippen LogP contribution is -2.29. The summed E-state index contributed by atoms with van der Waals surface area (Å²) in [5.41, 5.74) is 1.47. The van der Waals surface area contributed by atoms with Gasteiger partial charge in [-0.05, 0) is 37.5 Å². The van der Waals surface area contributed by atoms with Crippen molar-refractivity contribution in [2.24, 2.45) is 0 Å². The van der Waals surface area contributed by atoms with Gasteiger partial charge in [0.15, 0.2) is 0 Å². The topological polar surface area (TPSA) is 104 Å². The fourth-order valence-corrected chi connectivity index (χ4v) is 4.66. The summed E-state index contributed by atoms with van der Waals surface area (Å²) in [6.45, 7) is 4.91. The van der Waals surface area contributed by atoms with Crippen molar-refractivity contribution in [1.82, 2.24) is 14.3 Å². The molecule has 8 nitrogen and oxygen atoms in total. The van der Waals surface area contributed by atoms with Crippen molar-refractivity contribution >= 4 is 57.7 Å². The van der Waals surface area contributed by atoms with Crippen molar-refractivity contribution in [3.05, 3.63) is 44.7 Å². The van der Waals surface area contributed by atoms with Gasteiger partial charge in [-0.2, -0.15) is 0 Å². The predicted molar refractivity (Wildman–Crippen MR) is 131 cm³/mol. The molecule has 1 saturated heterocycles. The van der Waals surface area contributed by atoms with Gasteiger partial charge in [-0.3, -0.25) is 23.7 Å². The van der Waals surface area contributed by atoms with Gasteiger partial charge in [0.2, 0.25) is 0 Å². The third-order valence-electron chi connectivity index (χ3n) is 5.08. The van der Waals surface area contributed by atoms with Crippen LogP contribution in [0, 0.1) is 6.92 Å². The molecule has 0 unspecified atom stereocenters. The molecule has 0 aromatic carbocycles. The van der Waals surface area contributed by atoms with E-state index in [0.717, 1.165) is 36.6 Å². The fraction of sp³-hybridized carbons (Fsp3) is 0.409. The number of fused-ring (bicyclic) bond motifs is 1. The number of thiocarbonyl (C=S) groups is 1. The largest absolute Gasteiger partial charge is 0.481 e. The number of carboxylic acids is 1. The molecule has 0 bridgehead atoms. The van der Waals surface area contributed by atoms with Gasteiger partial charge >= 0.3 is 5.97 Å². The van der Waals surface area contributed by atoms with E-state index in [0.29, 0.717) is 39.2 Å². The summed E-state index contributed by atoms with van der Waals surface area (Å²) in [6, 6.07) is 3.68. The summed E-state index contributed by atoms with van der Waals surface area (Å²) in [6.07, 6.45) is 6.54. The number of hydrogen-bond acceptors (Lipinski definition) is 7. The molecule has 32 heavy (non-hydrogen) atoms. The highest BCUT2D eigenvalue weighted by Crippen LogP contribution is 2.33. The van der Waals surface area contributed by atoms with Gasteiger partial charge < -0.3 is 10.4 Å². The smallest absolute Gasteiger partial charge is 0.303 e. The van der Waals surface area contributed by atoms with Gasteiger partial charge in [0.25, 0.3) is 11.5 Å². The second-order valence-corrected chi connectivity index (χ2v) is 9.20. The lowest BCUT2D eigenvalue weighted by atomic mass is 10.2. The van der Waals surface area contributed by atoms with Crippen LogP contribution in [-0.4, -0.2) is 48.7 Å². The number of rotatable bonds is 10. The van der Waals surface area contributed by atoms with E-state index < -0.39 is 5.97 Å². The van der Waals surface area contributed by atoms with Crippen molar-refractivity contribution in [1.29, 1.82) is 0 Å². The lowest BCUT2D eigenvalue weighted by Gasteiger charge is -2.13. The van der Waals surface area contributed by atoms with Crippen LogP contribution >= 0.6 is 24.0 Å². The molecule has 2 aromatic heterocycles. The Morgan fingerprint density at radius 3 is 2.81 bits per heavy atom. The number of hydrogen-bond donors (Lipinski definition) is 2. The number of aliphatic carboxylic acids is 1. The Hall–Kier alpha value is -2.72. The van der Waals surface area contributed by atoms with Crippen molar-refractivity contribution in [2.75, 3.05) is 18.4 Å². The van der Waals surface area contributed by atoms with Gasteiger partial charge in [-0.15, -0.1) is 0 Å². The van der Waals surface area contributed by atoms with Crippen molar-refractivity contribution in [2.45, 2.75) is 46.0 Å². The minimum absolute atomic E-state index is 0.0444. The Morgan fingerprint density at radius 1 is 1.31 bits per heavy atom. The predicted octanol–water partition coefficient (Wildman–Crippen LogP) is 3.67. The van der Waals surface area contributed by atoms with Crippen LogP contribution in [0.2, 0.25) is 0 Å². The summed E-state index contributed by atoms with van der Waals surface area (Å²) in [7, 11) is 0. The van der Waals surface area contributed by atoms with Crippen LogP contribution in [0.25, 0.3) is 11.7 Å². The van der Waals surface area contributed by atoms with Crippen LogP contribution in [-0.2, 0) is 9.59 Å². The van der Waals surface area contributed by atoms with Crippen LogP contribution in [0.15, 0.2) is 28.0 Å². The number of anilines is 1. The van der Waals surface area contributed by atoms with Gasteiger partial charge in [-0.1, -0.05) is 49.8 Å². The molecule has 0 radical (unpaired) electrons. The molecule has 0 spiro atoms. The number of amides is 1. The number of thioether (sulfide) groups is 1. The first kappa shape index (κ1) is 23.9. The molecule has 2 N–H and O–H groups in total. The number of nitrogens with one attached hydrogen (secondary N) is 1. The quantitative estimate of drug-likeness (QED) is 0.305. The Morgan fingerprint density at radius 2 is 2.09 bits per heavy atom. The van der Waals surface area contributed by atoms with E-state index in [1.54, 1.807) is 18.3 Å². The maximum Gasteiger partial charge on any atom is 0.303 e. The zero-order chi connectivity index (χ0) is 23.3. The minimum Gasteiger partial charge on any atom is -0.481 e. The van der Waals surface area contributed by atoms with Crippen molar-refractivity contribution < 1.29 is 14.7 Å². The molecule has 3 heterocycles. The van der Waals surface area contributed by atoms with Crippen LogP contribution < -0.4 is 10.9 Å². The number of aryl methyl sites for hydroxylation is 1. The summed E-state index contributed by atoms with van der Waals surface area (Å²) in [5, 5.41) is 12.1. The highest BCUT2D eigenvalue weighted by molar-refractivity contribution is 8.26. The van der Waals surface area contributed by atoms with E-state index >= 15 is 0 Å². The SMILES string of the molecule is CCCCCNc1nc2c(C)cccn2c(=O)c1/C=C1/SC(=S)N(CCCC(=O)O)C1=O.